The molecule has 0 aromatic rings. The fourth-order valence-electron chi connectivity index (χ4n) is 3.20. The molecule has 2 nitrogen and oxygen atoms in total. The molecule has 1 saturated heterocycles. The Labute approximate surface area is 114 Å². The average molecular weight is 252 g/mol. The van der Waals surface area contributed by atoms with Gasteiger partial charge >= 0.3 is 0 Å². The first kappa shape index (κ1) is 14.3. The van der Waals surface area contributed by atoms with E-state index >= 15 is 0 Å². The first-order valence-corrected chi connectivity index (χ1v) is 7.72. The van der Waals surface area contributed by atoms with E-state index in [4.69, 9.17) is 0 Å². The van der Waals surface area contributed by atoms with Gasteiger partial charge in [0, 0.05) is 31.7 Å². The van der Waals surface area contributed by atoms with E-state index in [2.05, 4.69) is 51.8 Å². The molecule has 0 spiro atoms. The maximum atomic E-state index is 3.73. The van der Waals surface area contributed by atoms with E-state index in [1.165, 1.54) is 25.9 Å². The summed E-state index contributed by atoms with van der Waals surface area (Å²) in [5, 5.41) is 3.73. The Balaban J connectivity index is 1.98. The average Bonchev–Trinajstić information content (AvgIpc) is 3.00. The second-order valence-corrected chi connectivity index (χ2v) is 8.12. The van der Waals surface area contributed by atoms with Crippen molar-refractivity contribution in [1.29, 1.82) is 0 Å². The number of nitrogens with one attached hydrogen (secondary N) is 1. The van der Waals surface area contributed by atoms with Crippen molar-refractivity contribution < 1.29 is 0 Å². The third-order valence-electron chi connectivity index (χ3n) is 5.38. The summed E-state index contributed by atoms with van der Waals surface area (Å²) < 4.78 is 0. The predicted molar refractivity (Wildman–Crippen MR) is 78.8 cm³/mol. The van der Waals surface area contributed by atoms with Crippen LogP contribution in [0, 0.1) is 16.7 Å². The molecule has 1 saturated carbocycles. The highest BCUT2D eigenvalue weighted by molar-refractivity contribution is 5.00. The van der Waals surface area contributed by atoms with Crippen LogP contribution in [-0.4, -0.2) is 36.6 Å². The lowest BCUT2D eigenvalue weighted by Gasteiger charge is -2.45. The second kappa shape index (κ2) is 4.79. The highest BCUT2D eigenvalue weighted by atomic mass is 15.2. The number of nitrogens with zero attached hydrogens (tertiary/aromatic N) is 1. The Hall–Kier alpha value is -0.0800. The number of rotatable bonds is 3. The quantitative estimate of drug-likeness (QED) is 0.830. The summed E-state index contributed by atoms with van der Waals surface area (Å²) in [6.45, 7) is 17.9. The van der Waals surface area contributed by atoms with Crippen molar-refractivity contribution in [2.24, 2.45) is 16.7 Å². The molecule has 0 radical (unpaired) electrons. The Morgan fingerprint density at radius 2 is 1.89 bits per heavy atom. The molecule has 1 heterocycles. The highest BCUT2D eigenvalue weighted by Crippen LogP contribution is 2.52. The van der Waals surface area contributed by atoms with E-state index in [1.807, 2.05) is 0 Å². The van der Waals surface area contributed by atoms with Crippen LogP contribution >= 0.6 is 0 Å². The SMILES string of the molecule is CC1CNC(C(C)(C)C)CN1CC1(C(C)C)CC1. The summed E-state index contributed by atoms with van der Waals surface area (Å²) >= 11 is 0. The molecule has 106 valence electrons. The second-order valence-electron chi connectivity index (χ2n) is 8.12. The van der Waals surface area contributed by atoms with Crippen LogP contribution in [0.25, 0.3) is 0 Å². The van der Waals surface area contributed by atoms with Gasteiger partial charge in [0.25, 0.3) is 0 Å². The van der Waals surface area contributed by atoms with Gasteiger partial charge in [-0.15, -0.1) is 0 Å². The minimum absolute atomic E-state index is 0.368. The van der Waals surface area contributed by atoms with Gasteiger partial charge in [0.15, 0.2) is 0 Å². The molecule has 2 fully saturated rings. The fourth-order valence-corrected chi connectivity index (χ4v) is 3.20. The van der Waals surface area contributed by atoms with Crippen molar-refractivity contribution in [3.63, 3.8) is 0 Å². The molecule has 1 aliphatic heterocycles. The minimum Gasteiger partial charge on any atom is -0.311 e. The molecule has 0 bridgehead atoms. The van der Waals surface area contributed by atoms with Crippen LogP contribution in [0.15, 0.2) is 0 Å². The number of piperazine rings is 1. The molecule has 0 amide bonds. The van der Waals surface area contributed by atoms with Crippen LogP contribution in [0.3, 0.4) is 0 Å². The van der Waals surface area contributed by atoms with Crippen LogP contribution in [0.2, 0.25) is 0 Å². The summed E-state index contributed by atoms with van der Waals surface area (Å²) in [4.78, 5) is 2.75. The van der Waals surface area contributed by atoms with Gasteiger partial charge in [-0.05, 0) is 36.5 Å². The van der Waals surface area contributed by atoms with Crippen molar-refractivity contribution in [3.05, 3.63) is 0 Å². The molecule has 2 heteroatoms. The van der Waals surface area contributed by atoms with Gasteiger partial charge in [-0.1, -0.05) is 34.6 Å². The van der Waals surface area contributed by atoms with Gasteiger partial charge in [0.2, 0.25) is 0 Å². The van der Waals surface area contributed by atoms with Crippen molar-refractivity contribution in [1.82, 2.24) is 10.2 Å². The zero-order chi connectivity index (χ0) is 13.6. The van der Waals surface area contributed by atoms with E-state index in [0.29, 0.717) is 22.9 Å². The predicted octanol–water partition coefficient (Wildman–Crippen LogP) is 3.13. The molecule has 2 rings (SSSR count). The lowest BCUT2D eigenvalue weighted by Crippen LogP contribution is -2.60. The maximum absolute atomic E-state index is 3.73. The first-order chi connectivity index (χ1) is 8.24. The fraction of sp³-hybridized carbons (Fsp3) is 1.00. The van der Waals surface area contributed by atoms with Crippen LogP contribution < -0.4 is 5.32 Å². The molecule has 18 heavy (non-hydrogen) atoms. The van der Waals surface area contributed by atoms with Crippen molar-refractivity contribution >= 4 is 0 Å². The van der Waals surface area contributed by atoms with Crippen LogP contribution in [-0.2, 0) is 0 Å². The van der Waals surface area contributed by atoms with Crippen LogP contribution in [0.4, 0.5) is 0 Å². The number of hydrogen-bond donors (Lipinski definition) is 1. The topological polar surface area (TPSA) is 15.3 Å². The molecule has 0 aromatic heterocycles. The Kier molecular flexibility index (Phi) is 3.81. The van der Waals surface area contributed by atoms with Gasteiger partial charge in [0.05, 0.1) is 0 Å². The Bertz CT molecular complexity index is 286. The lowest BCUT2D eigenvalue weighted by molar-refractivity contribution is 0.0662. The maximum Gasteiger partial charge on any atom is 0.0244 e. The normalized spacial score (nSPS) is 32.8. The van der Waals surface area contributed by atoms with Gasteiger partial charge < -0.3 is 5.32 Å². The van der Waals surface area contributed by atoms with Gasteiger partial charge in [-0.3, -0.25) is 4.90 Å². The lowest BCUT2D eigenvalue weighted by atomic mass is 9.84. The van der Waals surface area contributed by atoms with Gasteiger partial charge in [-0.25, -0.2) is 0 Å². The molecule has 2 unspecified atom stereocenters. The molecular formula is C16H32N2. The van der Waals surface area contributed by atoms with Crippen LogP contribution in [0.1, 0.15) is 54.4 Å². The smallest absolute Gasteiger partial charge is 0.0244 e. The first-order valence-electron chi connectivity index (χ1n) is 7.72. The Morgan fingerprint density at radius 3 is 2.33 bits per heavy atom. The third kappa shape index (κ3) is 2.91. The summed E-state index contributed by atoms with van der Waals surface area (Å²) in [6.07, 6.45) is 2.89. The standard InChI is InChI=1S/C16H32N2/c1-12(2)16(7-8-16)11-18-10-14(15(4,5)6)17-9-13(18)3/h12-14,17H,7-11H2,1-6H3. The van der Waals surface area contributed by atoms with Crippen molar-refractivity contribution in [3.8, 4) is 0 Å². The molecule has 1 aliphatic carbocycles. The van der Waals surface area contributed by atoms with E-state index in [0.717, 1.165) is 12.5 Å². The molecule has 1 N–H and O–H groups in total. The molecule has 2 atom stereocenters. The van der Waals surface area contributed by atoms with E-state index < -0.39 is 0 Å². The van der Waals surface area contributed by atoms with E-state index in [-0.39, 0.29) is 0 Å². The molecule has 2 aliphatic rings. The Morgan fingerprint density at radius 1 is 1.28 bits per heavy atom. The van der Waals surface area contributed by atoms with E-state index in [1.54, 1.807) is 0 Å². The van der Waals surface area contributed by atoms with E-state index in [9.17, 15) is 0 Å². The monoisotopic (exact) mass is 252 g/mol. The van der Waals surface area contributed by atoms with Crippen molar-refractivity contribution in [2.75, 3.05) is 19.6 Å². The summed E-state index contributed by atoms with van der Waals surface area (Å²) in [6, 6.07) is 1.33. The van der Waals surface area contributed by atoms with Gasteiger partial charge in [0.1, 0.15) is 0 Å². The molecule has 0 aromatic carbocycles. The number of hydrogen-bond acceptors (Lipinski definition) is 2. The van der Waals surface area contributed by atoms with Crippen LogP contribution in [0.5, 0.6) is 0 Å². The summed E-state index contributed by atoms with van der Waals surface area (Å²) in [5.41, 5.74) is 1.01. The third-order valence-corrected chi connectivity index (χ3v) is 5.38. The summed E-state index contributed by atoms with van der Waals surface area (Å²) in [5.74, 6) is 0.840. The van der Waals surface area contributed by atoms with Crippen molar-refractivity contribution in [2.45, 2.75) is 66.5 Å². The van der Waals surface area contributed by atoms with Gasteiger partial charge in [-0.2, -0.15) is 0 Å². The zero-order valence-corrected chi connectivity index (χ0v) is 13.2. The highest BCUT2D eigenvalue weighted by Gasteiger charge is 2.47. The zero-order valence-electron chi connectivity index (χ0n) is 13.2. The largest absolute Gasteiger partial charge is 0.311 e. The molecular weight excluding hydrogens is 220 g/mol. The summed E-state index contributed by atoms with van der Waals surface area (Å²) in [7, 11) is 0. The minimum atomic E-state index is 0.368.